The van der Waals surface area contributed by atoms with Crippen molar-refractivity contribution in [1.29, 1.82) is 0 Å². The fraction of sp³-hybridized carbons (Fsp3) is 0.677. The fourth-order valence-electron chi connectivity index (χ4n) is 4.30. The van der Waals surface area contributed by atoms with Crippen LogP contribution >= 0.6 is 0 Å². The highest BCUT2D eigenvalue weighted by Crippen LogP contribution is 2.32. The minimum Gasteiger partial charge on any atom is -0.468 e. The first-order valence-electron chi connectivity index (χ1n) is 14.9. The predicted molar refractivity (Wildman–Crippen MR) is 156 cm³/mol. The molecule has 238 valence electrons. The molecule has 0 bridgehead atoms. The summed E-state index contributed by atoms with van der Waals surface area (Å²) in [6, 6.07) is 4.41. The van der Waals surface area contributed by atoms with Gasteiger partial charge in [-0.1, -0.05) is 65.9 Å². The van der Waals surface area contributed by atoms with E-state index in [1.807, 2.05) is 20.8 Å². The van der Waals surface area contributed by atoms with Crippen LogP contribution in [0.5, 0.6) is 11.5 Å². The Hall–Kier alpha value is -3.34. The number of carbonyl (C=O) groups excluding carboxylic acids is 4. The molecule has 0 amide bonds. The molecule has 3 atom stereocenters. The maximum absolute atomic E-state index is 12.8. The number of benzene rings is 1. The average Bonchev–Trinajstić information content (AvgIpc) is 2.94. The van der Waals surface area contributed by atoms with Gasteiger partial charge in [-0.05, 0) is 43.9 Å². The fourth-order valence-corrected chi connectivity index (χ4v) is 4.30. The third-order valence-electron chi connectivity index (χ3n) is 6.53. The van der Waals surface area contributed by atoms with Crippen LogP contribution in [0.3, 0.4) is 0 Å². The second kappa shape index (κ2) is 19.7. The quantitative estimate of drug-likeness (QED) is 0.0834. The molecule has 0 saturated carbocycles. The zero-order valence-electron chi connectivity index (χ0n) is 26.0. The van der Waals surface area contributed by atoms with E-state index in [4.69, 9.17) is 34.2 Å². The van der Waals surface area contributed by atoms with Gasteiger partial charge in [0.25, 0.3) is 0 Å². The van der Waals surface area contributed by atoms with Crippen molar-refractivity contribution in [3.8, 4) is 11.5 Å². The SMILES string of the molecule is CCCCCOC(=O)Oc1ccc(CC(N)(C[C@H](C)OC(=O)C(C)CCC)C(=O)OC)cc1OC(=O)OCCCCC. The number of methoxy groups -OCH3 is 1. The molecule has 0 saturated heterocycles. The standard InChI is InChI=1S/C31H49NO10/c1-7-10-12-17-38-29(35)41-25-16-15-24(19-26(25)42-30(36)39-18-13-11-8-2)21-31(32,28(34)37-6)20-23(5)40-27(33)22(4)14-9-3/h15-16,19,22-23H,7-14,17-18,20-21,32H2,1-6H3/t22?,23-,31?/m0/s1. The lowest BCUT2D eigenvalue weighted by Gasteiger charge is -2.30. The number of ether oxygens (including phenoxy) is 6. The van der Waals surface area contributed by atoms with Crippen LogP contribution in [0.2, 0.25) is 0 Å². The lowest BCUT2D eigenvalue weighted by atomic mass is 9.86. The predicted octanol–water partition coefficient (Wildman–Crippen LogP) is 6.27. The van der Waals surface area contributed by atoms with Crippen molar-refractivity contribution >= 4 is 24.2 Å². The molecule has 0 aliphatic rings. The van der Waals surface area contributed by atoms with Crippen LogP contribution in [-0.4, -0.2) is 56.2 Å². The molecule has 1 aromatic carbocycles. The van der Waals surface area contributed by atoms with Gasteiger partial charge in [-0.15, -0.1) is 0 Å². The molecule has 11 nitrogen and oxygen atoms in total. The first-order valence-corrected chi connectivity index (χ1v) is 14.9. The van der Waals surface area contributed by atoms with Crippen LogP contribution < -0.4 is 15.2 Å². The van der Waals surface area contributed by atoms with Crippen molar-refractivity contribution in [3.05, 3.63) is 23.8 Å². The van der Waals surface area contributed by atoms with Gasteiger partial charge < -0.3 is 34.2 Å². The molecule has 0 aliphatic heterocycles. The van der Waals surface area contributed by atoms with Crippen LogP contribution in [0.15, 0.2) is 18.2 Å². The van der Waals surface area contributed by atoms with E-state index in [2.05, 4.69) is 0 Å². The summed E-state index contributed by atoms with van der Waals surface area (Å²) in [5.74, 6) is -1.54. The van der Waals surface area contributed by atoms with E-state index in [9.17, 15) is 19.2 Å². The second-order valence-electron chi connectivity index (χ2n) is 10.6. The van der Waals surface area contributed by atoms with Gasteiger partial charge in [0.15, 0.2) is 11.5 Å². The van der Waals surface area contributed by atoms with Crippen LogP contribution in [0.25, 0.3) is 0 Å². The number of nitrogens with two attached hydrogens (primary N) is 1. The molecule has 0 aromatic heterocycles. The second-order valence-corrected chi connectivity index (χ2v) is 10.6. The summed E-state index contributed by atoms with van der Waals surface area (Å²) in [6.45, 7) is 9.84. The Morgan fingerprint density at radius 1 is 0.833 bits per heavy atom. The highest BCUT2D eigenvalue weighted by atomic mass is 16.7. The minimum absolute atomic E-state index is 0.0255. The molecule has 0 aliphatic carbocycles. The Morgan fingerprint density at radius 2 is 1.40 bits per heavy atom. The summed E-state index contributed by atoms with van der Waals surface area (Å²) in [6.07, 6.45) is 3.90. The summed E-state index contributed by atoms with van der Waals surface area (Å²) < 4.78 is 31.4. The molecule has 1 aromatic rings. The number of hydrogen-bond donors (Lipinski definition) is 1. The normalized spacial score (nSPS) is 13.7. The van der Waals surface area contributed by atoms with Crippen molar-refractivity contribution in [2.45, 2.75) is 110 Å². The summed E-state index contributed by atoms with van der Waals surface area (Å²) in [5.41, 5.74) is 5.42. The molecule has 0 spiro atoms. The van der Waals surface area contributed by atoms with E-state index >= 15 is 0 Å². The molecule has 2 unspecified atom stereocenters. The van der Waals surface area contributed by atoms with Crippen molar-refractivity contribution in [2.24, 2.45) is 11.7 Å². The minimum atomic E-state index is -1.58. The van der Waals surface area contributed by atoms with E-state index < -0.39 is 29.9 Å². The van der Waals surface area contributed by atoms with Crippen molar-refractivity contribution in [2.75, 3.05) is 20.3 Å². The Bertz CT molecular complexity index is 998. The molecular weight excluding hydrogens is 546 g/mol. The number of unbranched alkanes of at least 4 members (excludes halogenated alkanes) is 4. The molecule has 0 radical (unpaired) electrons. The molecule has 2 N–H and O–H groups in total. The molecule has 0 heterocycles. The third-order valence-corrected chi connectivity index (χ3v) is 6.53. The van der Waals surface area contributed by atoms with Gasteiger partial charge in [0, 0.05) is 12.8 Å². The van der Waals surface area contributed by atoms with E-state index in [1.165, 1.54) is 19.2 Å². The van der Waals surface area contributed by atoms with E-state index in [0.29, 0.717) is 24.8 Å². The van der Waals surface area contributed by atoms with Gasteiger partial charge in [-0.25, -0.2) is 9.59 Å². The van der Waals surface area contributed by atoms with E-state index in [1.54, 1.807) is 19.9 Å². The van der Waals surface area contributed by atoms with E-state index in [-0.39, 0.29) is 49.4 Å². The van der Waals surface area contributed by atoms with Gasteiger partial charge >= 0.3 is 24.2 Å². The average molecular weight is 596 g/mol. The van der Waals surface area contributed by atoms with Gasteiger partial charge in [0.1, 0.15) is 11.6 Å². The Kier molecular flexibility index (Phi) is 17.2. The topological polar surface area (TPSA) is 150 Å². The lowest BCUT2D eigenvalue weighted by Crippen LogP contribution is -2.53. The summed E-state index contributed by atoms with van der Waals surface area (Å²) in [4.78, 5) is 49.9. The number of esters is 2. The van der Waals surface area contributed by atoms with Gasteiger partial charge in [0.2, 0.25) is 0 Å². The Labute approximate surface area is 249 Å². The Balaban J connectivity index is 3.16. The maximum atomic E-state index is 12.8. The largest absolute Gasteiger partial charge is 0.513 e. The maximum Gasteiger partial charge on any atom is 0.513 e. The number of hydrogen-bond acceptors (Lipinski definition) is 11. The first kappa shape index (κ1) is 36.7. The molecule has 0 fully saturated rings. The monoisotopic (exact) mass is 595 g/mol. The summed E-state index contributed by atoms with van der Waals surface area (Å²) in [7, 11) is 1.22. The van der Waals surface area contributed by atoms with E-state index in [0.717, 1.165) is 32.1 Å². The first-order chi connectivity index (χ1) is 20.0. The van der Waals surface area contributed by atoms with Gasteiger partial charge in [-0.2, -0.15) is 0 Å². The molecule has 1 rings (SSSR count). The van der Waals surface area contributed by atoms with Crippen LogP contribution in [0.1, 0.15) is 98.0 Å². The van der Waals surface area contributed by atoms with Crippen molar-refractivity contribution in [3.63, 3.8) is 0 Å². The zero-order valence-corrected chi connectivity index (χ0v) is 26.0. The molecule has 42 heavy (non-hydrogen) atoms. The van der Waals surface area contributed by atoms with Crippen LogP contribution in [0, 0.1) is 5.92 Å². The highest BCUT2D eigenvalue weighted by Gasteiger charge is 2.38. The van der Waals surface area contributed by atoms with Gasteiger partial charge in [0.05, 0.1) is 26.2 Å². The Morgan fingerprint density at radius 3 is 1.93 bits per heavy atom. The lowest BCUT2D eigenvalue weighted by molar-refractivity contribution is -0.157. The zero-order chi connectivity index (χ0) is 31.5. The highest BCUT2D eigenvalue weighted by molar-refractivity contribution is 5.81. The number of carbonyl (C=O) groups is 4. The van der Waals surface area contributed by atoms with Crippen molar-refractivity contribution in [1.82, 2.24) is 0 Å². The van der Waals surface area contributed by atoms with Crippen LogP contribution in [-0.2, 0) is 35.0 Å². The number of rotatable bonds is 19. The van der Waals surface area contributed by atoms with Crippen molar-refractivity contribution < 1.29 is 47.6 Å². The molecular formula is C31H49NO10. The smallest absolute Gasteiger partial charge is 0.468 e. The summed E-state index contributed by atoms with van der Waals surface area (Å²) in [5, 5.41) is 0. The van der Waals surface area contributed by atoms with Gasteiger partial charge in [-0.3, -0.25) is 9.59 Å². The molecule has 11 heteroatoms. The summed E-state index contributed by atoms with van der Waals surface area (Å²) >= 11 is 0. The third kappa shape index (κ3) is 13.5. The van der Waals surface area contributed by atoms with Crippen LogP contribution in [0.4, 0.5) is 9.59 Å².